The van der Waals surface area contributed by atoms with E-state index in [-0.39, 0.29) is 4.90 Å². The van der Waals surface area contributed by atoms with Gasteiger partial charge in [-0.25, -0.2) is 13.4 Å². The van der Waals surface area contributed by atoms with Gasteiger partial charge in [0.25, 0.3) is 0 Å². The molecule has 1 amide bonds. The van der Waals surface area contributed by atoms with Crippen molar-refractivity contribution in [3.8, 4) is 17.0 Å². The number of nitrogens with zero attached hydrogens (tertiary/aromatic N) is 1. The normalized spacial score (nSPS) is 12.4. The molecular weight excluding hydrogens is 410 g/mol. The molecule has 1 unspecified atom stereocenters. The van der Waals surface area contributed by atoms with E-state index in [4.69, 9.17) is 4.74 Å². The minimum absolute atomic E-state index is 0.110. The van der Waals surface area contributed by atoms with Crippen LogP contribution >= 0.6 is 11.3 Å². The molecule has 3 rings (SSSR count). The molecule has 0 fully saturated rings. The minimum atomic E-state index is -3.80. The predicted molar refractivity (Wildman–Crippen MR) is 114 cm³/mol. The van der Waals surface area contributed by atoms with Crippen molar-refractivity contribution in [3.63, 3.8) is 0 Å². The fourth-order valence-corrected chi connectivity index (χ4v) is 4.44. The van der Waals surface area contributed by atoms with Gasteiger partial charge in [0.1, 0.15) is 5.75 Å². The van der Waals surface area contributed by atoms with Crippen LogP contribution in [0.2, 0.25) is 0 Å². The Hall–Kier alpha value is -2.75. The molecule has 152 valence electrons. The van der Waals surface area contributed by atoms with Crippen LogP contribution in [0, 0.1) is 6.92 Å². The number of ether oxygens (including phenoxy) is 1. The van der Waals surface area contributed by atoms with E-state index in [1.165, 1.54) is 30.4 Å². The lowest BCUT2D eigenvalue weighted by molar-refractivity contribution is -0.117. The maximum absolute atomic E-state index is 12.4. The Labute approximate surface area is 173 Å². The molecule has 1 heterocycles. The molecule has 1 atom stereocenters. The van der Waals surface area contributed by atoms with Crippen LogP contribution in [0.3, 0.4) is 0 Å². The summed E-state index contributed by atoms with van der Waals surface area (Å²) < 4.78 is 32.4. The molecule has 9 heteroatoms. The molecule has 2 aromatic carbocycles. The highest BCUT2D eigenvalue weighted by atomic mass is 32.2. The summed E-state index contributed by atoms with van der Waals surface area (Å²) in [5.74, 6) is 0.253. The van der Waals surface area contributed by atoms with Crippen LogP contribution in [0.5, 0.6) is 5.75 Å². The van der Waals surface area contributed by atoms with E-state index in [0.29, 0.717) is 10.8 Å². The van der Waals surface area contributed by atoms with Crippen molar-refractivity contribution in [2.24, 2.45) is 0 Å². The lowest BCUT2D eigenvalue weighted by Crippen LogP contribution is -2.41. The first-order valence-corrected chi connectivity index (χ1v) is 11.1. The summed E-state index contributed by atoms with van der Waals surface area (Å²) in [6, 6.07) is 12.9. The van der Waals surface area contributed by atoms with Gasteiger partial charge in [0.15, 0.2) is 5.13 Å². The number of hydrogen-bond acceptors (Lipinski definition) is 6. The van der Waals surface area contributed by atoms with Gasteiger partial charge in [-0.2, -0.15) is 4.72 Å². The first-order valence-electron chi connectivity index (χ1n) is 8.78. The quantitative estimate of drug-likeness (QED) is 0.597. The second kappa shape index (κ2) is 8.73. The third-order valence-corrected chi connectivity index (χ3v) is 6.49. The van der Waals surface area contributed by atoms with Gasteiger partial charge in [0, 0.05) is 10.9 Å². The van der Waals surface area contributed by atoms with Gasteiger partial charge in [-0.3, -0.25) is 4.79 Å². The van der Waals surface area contributed by atoms with Crippen molar-refractivity contribution in [2.45, 2.75) is 24.8 Å². The summed E-state index contributed by atoms with van der Waals surface area (Å²) in [5.41, 5.74) is 2.54. The second-order valence-corrected chi connectivity index (χ2v) is 8.98. The highest BCUT2D eigenvalue weighted by molar-refractivity contribution is 7.89. The monoisotopic (exact) mass is 431 g/mol. The molecule has 0 radical (unpaired) electrons. The van der Waals surface area contributed by atoms with E-state index in [0.717, 1.165) is 16.9 Å². The molecule has 0 spiro atoms. The molecule has 0 aliphatic heterocycles. The number of carbonyl (C=O) groups is 1. The van der Waals surface area contributed by atoms with Crippen molar-refractivity contribution >= 4 is 32.4 Å². The maximum Gasteiger partial charge on any atom is 0.244 e. The van der Waals surface area contributed by atoms with Gasteiger partial charge in [0.2, 0.25) is 15.9 Å². The molecule has 0 aliphatic rings. The number of methoxy groups -OCH3 is 1. The number of sulfonamides is 1. The Balaban J connectivity index is 1.65. The number of aromatic nitrogens is 1. The molecular formula is C20H21N3O4S2. The van der Waals surface area contributed by atoms with Crippen LogP contribution in [0.1, 0.15) is 12.5 Å². The molecule has 0 saturated heterocycles. The smallest absolute Gasteiger partial charge is 0.244 e. The number of thiazole rings is 1. The van der Waals surface area contributed by atoms with Gasteiger partial charge >= 0.3 is 0 Å². The van der Waals surface area contributed by atoms with E-state index in [9.17, 15) is 13.2 Å². The van der Waals surface area contributed by atoms with Crippen LogP contribution < -0.4 is 14.8 Å². The molecule has 0 bridgehead atoms. The number of carbonyl (C=O) groups excluding carboxylic acids is 1. The van der Waals surface area contributed by atoms with Gasteiger partial charge in [0.05, 0.1) is 23.7 Å². The summed E-state index contributed by atoms with van der Waals surface area (Å²) in [6.07, 6.45) is 0. The van der Waals surface area contributed by atoms with Crippen LogP contribution in [-0.2, 0) is 14.8 Å². The van der Waals surface area contributed by atoms with E-state index in [1.54, 1.807) is 19.2 Å². The Morgan fingerprint density at radius 1 is 1.10 bits per heavy atom. The lowest BCUT2D eigenvalue weighted by atomic mass is 10.2. The Morgan fingerprint density at radius 3 is 2.38 bits per heavy atom. The van der Waals surface area contributed by atoms with Crippen LogP contribution in [0.25, 0.3) is 11.3 Å². The van der Waals surface area contributed by atoms with Crippen molar-refractivity contribution in [1.82, 2.24) is 9.71 Å². The topological polar surface area (TPSA) is 97.4 Å². The summed E-state index contributed by atoms with van der Waals surface area (Å²) in [5, 5.41) is 4.86. The molecule has 7 nitrogen and oxygen atoms in total. The van der Waals surface area contributed by atoms with Crippen LogP contribution in [0.15, 0.2) is 58.8 Å². The van der Waals surface area contributed by atoms with E-state index < -0.39 is 22.0 Å². The fraction of sp³-hybridized carbons (Fsp3) is 0.200. The van der Waals surface area contributed by atoms with Crippen molar-refractivity contribution in [1.29, 1.82) is 0 Å². The molecule has 1 aromatic heterocycles. The minimum Gasteiger partial charge on any atom is -0.497 e. The Morgan fingerprint density at radius 2 is 1.76 bits per heavy atom. The molecule has 0 aliphatic carbocycles. The summed E-state index contributed by atoms with van der Waals surface area (Å²) in [6.45, 7) is 3.35. The standard InChI is InChI=1S/C20H21N3O4S2/c1-13-4-10-17(11-5-13)29(25,26)23-14(2)19(24)22-20-21-18(12-28-20)15-6-8-16(27-3)9-7-15/h4-12,14,23H,1-3H3,(H,21,22,24). The summed E-state index contributed by atoms with van der Waals surface area (Å²) in [4.78, 5) is 16.9. The average molecular weight is 432 g/mol. The second-order valence-electron chi connectivity index (χ2n) is 6.41. The van der Waals surface area contributed by atoms with E-state index >= 15 is 0 Å². The Bertz CT molecular complexity index is 1090. The third kappa shape index (κ3) is 5.20. The van der Waals surface area contributed by atoms with Crippen molar-refractivity contribution in [2.75, 3.05) is 12.4 Å². The summed E-state index contributed by atoms with van der Waals surface area (Å²) in [7, 11) is -2.20. The SMILES string of the molecule is COc1ccc(-c2csc(NC(=O)C(C)NS(=O)(=O)c3ccc(C)cc3)n2)cc1. The zero-order chi connectivity index (χ0) is 21.0. The fourth-order valence-electron chi connectivity index (χ4n) is 2.51. The van der Waals surface area contributed by atoms with Gasteiger partial charge in [-0.1, -0.05) is 17.7 Å². The number of aryl methyl sites for hydroxylation is 1. The summed E-state index contributed by atoms with van der Waals surface area (Å²) >= 11 is 1.26. The van der Waals surface area contributed by atoms with Crippen molar-refractivity contribution in [3.05, 3.63) is 59.5 Å². The maximum atomic E-state index is 12.4. The van der Waals surface area contributed by atoms with Gasteiger partial charge < -0.3 is 10.1 Å². The van der Waals surface area contributed by atoms with E-state index in [2.05, 4.69) is 15.0 Å². The van der Waals surface area contributed by atoms with E-state index in [1.807, 2.05) is 36.6 Å². The highest BCUT2D eigenvalue weighted by Gasteiger charge is 2.22. The van der Waals surface area contributed by atoms with Gasteiger partial charge in [-0.05, 0) is 50.2 Å². The largest absolute Gasteiger partial charge is 0.497 e. The first kappa shape index (κ1) is 21.0. The number of nitrogens with one attached hydrogen (secondary N) is 2. The number of hydrogen-bond donors (Lipinski definition) is 2. The van der Waals surface area contributed by atoms with Crippen LogP contribution in [-0.4, -0.2) is 32.5 Å². The van der Waals surface area contributed by atoms with Crippen molar-refractivity contribution < 1.29 is 17.9 Å². The number of anilines is 1. The van der Waals surface area contributed by atoms with Gasteiger partial charge in [-0.15, -0.1) is 11.3 Å². The first-order chi connectivity index (χ1) is 13.8. The number of rotatable bonds is 7. The Kier molecular flexibility index (Phi) is 6.31. The molecule has 3 aromatic rings. The highest BCUT2D eigenvalue weighted by Crippen LogP contribution is 2.26. The number of benzene rings is 2. The third-order valence-electron chi connectivity index (χ3n) is 4.18. The average Bonchev–Trinajstić information content (AvgIpc) is 3.16. The zero-order valence-corrected chi connectivity index (χ0v) is 17.8. The predicted octanol–water partition coefficient (Wildman–Crippen LogP) is 3.43. The zero-order valence-electron chi connectivity index (χ0n) is 16.2. The number of amides is 1. The lowest BCUT2D eigenvalue weighted by Gasteiger charge is -2.13. The molecule has 29 heavy (non-hydrogen) atoms. The molecule has 0 saturated carbocycles. The van der Waals surface area contributed by atoms with Crippen LogP contribution in [0.4, 0.5) is 5.13 Å². The molecule has 2 N–H and O–H groups in total.